The smallest absolute Gasteiger partial charge is 0.251 e. The van der Waals surface area contributed by atoms with Gasteiger partial charge in [-0.3, -0.25) is 4.79 Å². The highest BCUT2D eigenvalue weighted by molar-refractivity contribution is 5.96. The van der Waals surface area contributed by atoms with Crippen molar-refractivity contribution in [3.63, 3.8) is 0 Å². The van der Waals surface area contributed by atoms with Crippen molar-refractivity contribution >= 4 is 5.91 Å². The Hall–Kier alpha value is -1.79. The van der Waals surface area contributed by atoms with E-state index in [1.165, 1.54) is 0 Å². The summed E-state index contributed by atoms with van der Waals surface area (Å²) in [4.78, 5) is 12.2. The number of hydrogen-bond acceptors (Lipinski definition) is 2. The zero-order valence-corrected chi connectivity index (χ0v) is 11.6. The van der Waals surface area contributed by atoms with Crippen LogP contribution in [0.15, 0.2) is 18.2 Å². The first kappa shape index (κ1) is 13.6. The Morgan fingerprint density at radius 2 is 2.21 bits per heavy atom. The van der Waals surface area contributed by atoms with Crippen LogP contribution in [-0.4, -0.2) is 23.7 Å². The molecule has 1 aromatic carbocycles. The van der Waals surface area contributed by atoms with Crippen LogP contribution in [0.3, 0.4) is 0 Å². The molecule has 0 bridgehead atoms. The van der Waals surface area contributed by atoms with E-state index in [4.69, 9.17) is 5.11 Å². The number of hydrogen-bond donors (Lipinski definition) is 2. The molecule has 2 N–H and O–H groups in total. The van der Waals surface area contributed by atoms with Crippen LogP contribution in [0, 0.1) is 24.2 Å². The molecule has 1 unspecified atom stereocenters. The number of aryl methyl sites for hydroxylation is 1. The molecule has 2 rings (SSSR count). The second-order valence-electron chi connectivity index (χ2n) is 5.71. The second-order valence-corrected chi connectivity index (χ2v) is 5.71. The Morgan fingerprint density at radius 3 is 2.79 bits per heavy atom. The number of benzene rings is 1. The van der Waals surface area contributed by atoms with Gasteiger partial charge in [-0.25, -0.2) is 0 Å². The first-order chi connectivity index (χ1) is 8.94. The molecule has 0 heterocycles. The molecule has 1 saturated carbocycles. The average molecular weight is 257 g/mol. The van der Waals surface area contributed by atoms with Gasteiger partial charge in [0.05, 0.1) is 0 Å². The highest BCUT2D eigenvalue weighted by Crippen LogP contribution is 2.44. The summed E-state index contributed by atoms with van der Waals surface area (Å²) in [5, 5.41) is 11.7. The average Bonchev–Trinajstić information content (AvgIpc) is 2.95. The molecule has 1 aliphatic carbocycles. The van der Waals surface area contributed by atoms with Crippen molar-refractivity contribution in [3.05, 3.63) is 34.9 Å². The number of nitrogens with one attached hydrogen (secondary N) is 1. The van der Waals surface area contributed by atoms with E-state index >= 15 is 0 Å². The predicted molar refractivity (Wildman–Crippen MR) is 74.8 cm³/mol. The number of amides is 1. The summed E-state index contributed by atoms with van der Waals surface area (Å²) < 4.78 is 0. The van der Waals surface area contributed by atoms with Gasteiger partial charge in [0, 0.05) is 17.2 Å². The lowest BCUT2D eigenvalue weighted by Crippen LogP contribution is -2.29. The Balaban J connectivity index is 2.16. The third-order valence-electron chi connectivity index (χ3n) is 3.61. The van der Waals surface area contributed by atoms with Gasteiger partial charge in [0.25, 0.3) is 5.91 Å². The van der Waals surface area contributed by atoms with Crippen molar-refractivity contribution in [1.82, 2.24) is 5.32 Å². The fourth-order valence-electron chi connectivity index (χ4n) is 2.04. The molecule has 0 aromatic heterocycles. The van der Waals surface area contributed by atoms with Crippen LogP contribution in [0.1, 0.15) is 41.8 Å². The second kappa shape index (κ2) is 5.07. The molecule has 0 saturated heterocycles. The highest BCUT2D eigenvalue weighted by Gasteiger charge is 2.46. The molecule has 1 aromatic rings. The molecule has 3 heteroatoms. The zero-order chi connectivity index (χ0) is 14.0. The minimum Gasteiger partial charge on any atom is -0.384 e. The summed E-state index contributed by atoms with van der Waals surface area (Å²) in [6.45, 7) is 6.03. The summed E-state index contributed by atoms with van der Waals surface area (Å²) >= 11 is 0. The quantitative estimate of drug-likeness (QED) is 0.795. The van der Waals surface area contributed by atoms with Gasteiger partial charge in [-0.2, -0.15) is 0 Å². The number of aliphatic hydroxyl groups is 1. The summed E-state index contributed by atoms with van der Waals surface area (Å²) in [5.41, 5.74) is 2.57. The zero-order valence-electron chi connectivity index (χ0n) is 11.6. The van der Waals surface area contributed by atoms with Crippen LogP contribution in [-0.2, 0) is 0 Å². The van der Waals surface area contributed by atoms with Crippen LogP contribution >= 0.6 is 0 Å². The first-order valence-corrected chi connectivity index (χ1v) is 6.45. The topological polar surface area (TPSA) is 49.3 Å². The molecule has 1 atom stereocenters. The predicted octanol–water partition coefficient (Wildman–Crippen LogP) is 1.87. The first-order valence-electron chi connectivity index (χ1n) is 6.45. The number of rotatable bonds is 2. The van der Waals surface area contributed by atoms with Crippen molar-refractivity contribution < 1.29 is 9.90 Å². The fraction of sp³-hybridized carbons (Fsp3) is 0.438. The maximum Gasteiger partial charge on any atom is 0.251 e. The van der Waals surface area contributed by atoms with Gasteiger partial charge in [0.1, 0.15) is 6.61 Å². The summed E-state index contributed by atoms with van der Waals surface area (Å²) in [5.74, 6) is 5.37. The van der Waals surface area contributed by atoms with Crippen LogP contribution < -0.4 is 5.32 Å². The molecular formula is C16H19NO2. The van der Waals surface area contributed by atoms with Gasteiger partial charge in [0.2, 0.25) is 0 Å². The summed E-state index contributed by atoms with van der Waals surface area (Å²) in [6, 6.07) is 5.79. The lowest BCUT2D eigenvalue weighted by molar-refractivity contribution is 0.0945. The maximum atomic E-state index is 12.2. The number of aliphatic hydroxyl groups excluding tert-OH is 1. The lowest BCUT2D eigenvalue weighted by atomic mass is 10.0. The molecule has 0 aliphatic heterocycles. The van der Waals surface area contributed by atoms with E-state index in [1.54, 1.807) is 6.07 Å². The Morgan fingerprint density at radius 1 is 1.53 bits per heavy atom. The molecule has 19 heavy (non-hydrogen) atoms. The highest BCUT2D eigenvalue weighted by atomic mass is 16.2. The standard InChI is InChI=1S/C16H19NO2/c1-11-6-7-12(5-4-8-18)9-13(11)15(19)17-14-10-16(14,2)3/h6-7,9,14,18H,8,10H2,1-3H3,(H,17,19). The third-order valence-corrected chi connectivity index (χ3v) is 3.61. The molecule has 3 nitrogen and oxygen atoms in total. The normalized spacial score (nSPS) is 19.3. The van der Waals surface area contributed by atoms with Crippen molar-refractivity contribution in [2.24, 2.45) is 5.41 Å². The fourth-order valence-corrected chi connectivity index (χ4v) is 2.04. The number of carbonyl (C=O) groups is 1. The third kappa shape index (κ3) is 3.15. The minimum absolute atomic E-state index is 0.0410. The van der Waals surface area contributed by atoms with E-state index in [1.807, 2.05) is 19.1 Å². The van der Waals surface area contributed by atoms with Gasteiger partial charge < -0.3 is 10.4 Å². The maximum absolute atomic E-state index is 12.2. The van der Waals surface area contributed by atoms with Crippen LogP contribution in [0.25, 0.3) is 0 Å². The van der Waals surface area contributed by atoms with Crippen LogP contribution in [0.2, 0.25) is 0 Å². The van der Waals surface area contributed by atoms with Crippen molar-refractivity contribution in [2.75, 3.05) is 6.61 Å². The van der Waals surface area contributed by atoms with Crippen LogP contribution in [0.5, 0.6) is 0 Å². The molecule has 100 valence electrons. The van der Waals surface area contributed by atoms with Gasteiger partial charge in [-0.15, -0.1) is 0 Å². The minimum atomic E-state index is -0.175. The van der Waals surface area contributed by atoms with E-state index in [0.29, 0.717) is 5.56 Å². The van der Waals surface area contributed by atoms with Crippen molar-refractivity contribution in [3.8, 4) is 11.8 Å². The van der Waals surface area contributed by atoms with E-state index in [9.17, 15) is 4.79 Å². The molecular weight excluding hydrogens is 238 g/mol. The van der Waals surface area contributed by atoms with Crippen LogP contribution in [0.4, 0.5) is 0 Å². The summed E-state index contributed by atoms with van der Waals surface area (Å²) in [6.07, 6.45) is 1.03. The molecule has 1 amide bonds. The van der Waals surface area contributed by atoms with Gasteiger partial charge in [0.15, 0.2) is 0 Å². The van der Waals surface area contributed by atoms with Gasteiger partial charge in [-0.1, -0.05) is 31.8 Å². The SMILES string of the molecule is Cc1ccc(C#CCO)cc1C(=O)NC1CC1(C)C. The van der Waals surface area contributed by atoms with Gasteiger partial charge in [-0.05, 0) is 36.5 Å². The van der Waals surface area contributed by atoms with E-state index in [-0.39, 0.29) is 24.0 Å². The van der Waals surface area contributed by atoms with Crippen molar-refractivity contribution in [1.29, 1.82) is 0 Å². The van der Waals surface area contributed by atoms with E-state index in [0.717, 1.165) is 17.5 Å². The molecule has 0 radical (unpaired) electrons. The molecule has 0 spiro atoms. The summed E-state index contributed by atoms with van der Waals surface area (Å²) in [7, 11) is 0. The van der Waals surface area contributed by atoms with E-state index in [2.05, 4.69) is 31.0 Å². The molecule has 1 aliphatic rings. The Bertz CT molecular complexity index is 564. The van der Waals surface area contributed by atoms with Gasteiger partial charge >= 0.3 is 0 Å². The largest absolute Gasteiger partial charge is 0.384 e. The number of carbonyl (C=O) groups excluding carboxylic acids is 1. The Labute approximate surface area is 114 Å². The monoisotopic (exact) mass is 257 g/mol. The lowest BCUT2D eigenvalue weighted by Gasteiger charge is -2.09. The van der Waals surface area contributed by atoms with E-state index < -0.39 is 0 Å². The molecule has 1 fully saturated rings. The Kier molecular flexibility index (Phi) is 3.64. The van der Waals surface area contributed by atoms with Crippen molar-refractivity contribution in [2.45, 2.75) is 33.2 Å².